The molecule has 7 nitrogen and oxygen atoms in total. The molecule has 1 heterocycles. The Bertz CT molecular complexity index is 1480. The first-order valence-corrected chi connectivity index (χ1v) is 14.5. The number of hydrogen-bond donors (Lipinski definition) is 2. The maximum atomic E-state index is 14.2. The number of methoxy groups -OCH3 is 1. The number of benzene rings is 2. The SMILES string of the molecule is CCC1CCC(c2ccc(-c3nc(S(=O)(=O)Nc4cc(F)c(C(=O)O)cc4OC)cs3)c(C(F)(F)F)c2)CC1. The number of nitrogens with one attached hydrogen (secondary N) is 1. The van der Waals surface area contributed by atoms with Crippen molar-refractivity contribution >= 4 is 33.0 Å². The van der Waals surface area contributed by atoms with Crippen LogP contribution < -0.4 is 9.46 Å². The first-order valence-electron chi connectivity index (χ1n) is 12.1. The van der Waals surface area contributed by atoms with Crippen LogP contribution in [0.25, 0.3) is 10.6 Å². The van der Waals surface area contributed by atoms with Gasteiger partial charge in [-0.3, -0.25) is 4.72 Å². The normalized spacial score (nSPS) is 18.1. The molecular weight excluding hydrogens is 560 g/mol. The highest BCUT2D eigenvalue weighted by Crippen LogP contribution is 2.43. The van der Waals surface area contributed by atoms with Gasteiger partial charge in [-0.15, -0.1) is 11.3 Å². The number of aromatic carboxylic acids is 1. The van der Waals surface area contributed by atoms with Gasteiger partial charge in [-0.1, -0.05) is 25.5 Å². The Morgan fingerprint density at radius 2 is 1.87 bits per heavy atom. The number of hydrogen-bond acceptors (Lipinski definition) is 6. The van der Waals surface area contributed by atoms with Gasteiger partial charge in [-0.25, -0.2) is 14.2 Å². The number of anilines is 1. The minimum absolute atomic E-state index is 0.0299. The monoisotopic (exact) mass is 586 g/mol. The number of sulfonamides is 1. The molecule has 1 aromatic heterocycles. The van der Waals surface area contributed by atoms with Gasteiger partial charge in [0, 0.05) is 17.0 Å². The van der Waals surface area contributed by atoms with Crippen LogP contribution in [0.15, 0.2) is 40.7 Å². The molecule has 3 aromatic rings. The molecule has 4 rings (SSSR count). The number of nitrogens with zero attached hydrogens (tertiary/aromatic N) is 1. The van der Waals surface area contributed by atoms with Crippen LogP contribution in [0.4, 0.5) is 23.2 Å². The van der Waals surface area contributed by atoms with Crippen molar-refractivity contribution < 1.29 is 40.6 Å². The third-order valence-electron chi connectivity index (χ3n) is 7.00. The van der Waals surface area contributed by atoms with Crippen LogP contribution in [0.3, 0.4) is 0 Å². The lowest BCUT2D eigenvalue weighted by atomic mass is 9.77. The van der Waals surface area contributed by atoms with E-state index in [1.54, 1.807) is 6.07 Å². The van der Waals surface area contributed by atoms with Gasteiger partial charge in [0.25, 0.3) is 10.0 Å². The number of alkyl halides is 3. The summed E-state index contributed by atoms with van der Waals surface area (Å²) in [6.45, 7) is 2.11. The zero-order valence-electron chi connectivity index (χ0n) is 21.0. The van der Waals surface area contributed by atoms with Crippen LogP contribution in [-0.4, -0.2) is 31.6 Å². The van der Waals surface area contributed by atoms with Gasteiger partial charge in [0.1, 0.15) is 16.6 Å². The fourth-order valence-electron chi connectivity index (χ4n) is 4.81. The molecule has 0 saturated heterocycles. The Hall–Kier alpha value is -3.19. The maximum Gasteiger partial charge on any atom is 0.417 e. The average Bonchev–Trinajstić information content (AvgIpc) is 3.39. The Morgan fingerprint density at radius 3 is 2.46 bits per heavy atom. The molecule has 13 heteroatoms. The number of carbonyl (C=O) groups is 1. The van der Waals surface area contributed by atoms with Crippen LogP contribution in [-0.2, 0) is 16.2 Å². The molecule has 0 atom stereocenters. The standard InChI is InChI=1S/C26H26F4N2O5S2/c1-3-14-4-6-15(7-5-14)16-8-9-17(19(10-16)26(28,29)30)24-31-23(13-38-24)39(35,36)32-21-12-20(27)18(25(33)34)11-22(21)37-2/h8-15,32H,3-7H2,1-2H3,(H,33,34). The third kappa shape index (κ3) is 6.19. The quantitative estimate of drug-likeness (QED) is 0.272. The van der Waals surface area contributed by atoms with Crippen LogP contribution in [0.1, 0.15) is 66.4 Å². The van der Waals surface area contributed by atoms with E-state index in [1.165, 1.54) is 6.07 Å². The van der Waals surface area contributed by atoms with Gasteiger partial charge in [-0.05, 0) is 55.2 Å². The molecular formula is C26H26F4N2O5S2. The van der Waals surface area contributed by atoms with Crippen molar-refractivity contribution in [1.82, 2.24) is 4.98 Å². The fourth-order valence-corrected chi connectivity index (χ4v) is 7.01. The Labute approximate surface area is 226 Å². The summed E-state index contributed by atoms with van der Waals surface area (Å²) in [4.78, 5) is 15.1. The minimum atomic E-state index is -4.69. The first-order chi connectivity index (χ1) is 18.3. The van der Waals surface area contributed by atoms with E-state index >= 15 is 0 Å². The summed E-state index contributed by atoms with van der Waals surface area (Å²) < 4.78 is 89.4. The smallest absolute Gasteiger partial charge is 0.417 e. The summed E-state index contributed by atoms with van der Waals surface area (Å²) >= 11 is 0.721. The van der Waals surface area contributed by atoms with Crippen LogP contribution in [0.2, 0.25) is 0 Å². The predicted molar refractivity (Wildman–Crippen MR) is 138 cm³/mol. The summed E-state index contributed by atoms with van der Waals surface area (Å²) in [7, 11) is -3.36. The van der Waals surface area contributed by atoms with Crippen molar-refractivity contribution in [3.8, 4) is 16.3 Å². The van der Waals surface area contributed by atoms with Crippen LogP contribution >= 0.6 is 11.3 Å². The largest absolute Gasteiger partial charge is 0.495 e. The van der Waals surface area contributed by atoms with E-state index in [1.807, 2.05) is 0 Å². The van der Waals surface area contributed by atoms with Gasteiger partial charge in [0.2, 0.25) is 0 Å². The van der Waals surface area contributed by atoms with E-state index in [0.717, 1.165) is 68.1 Å². The molecule has 0 spiro atoms. The third-order valence-corrected chi connectivity index (χ3v) is 9.27. The molecule has 210 valence electrons. The summed E-state index contributed by atoms with van der Waals surface area (Å²) in [6, 6.07) is 5.57. The number of aromatic nitrogens is 1. The second kappa shape index (κ2) is 11.1. The second-order valence-corrected chi connectivity index (χ2v) is 11.8. The highest BCUT2D eigenvalue weighted by molar-refractivity contribution is 7.92. The van der Waals surface area contributed by atoms with Gasteiger partial charge in [-0.2, -0.15) is 21.6 Å². The van der Waals surface area contributed by atoms with Gasteiger partial charge in [0.15, 0.2) is 5.03 Å². The van der Waals surface area contributed by atoms with Crippen molar-refractivity contribution in [2.24, 2.45) is 5.92 Å². The lowest BCUT2D eigenvalue weighted by Gasteiger charge is -2.28. The Kier molecular flexibility index (Phi) is 8.22. The summed E-state index contributed by atoms with van der Waals surface area (Å²) in [6.07, 6.45) is -0.0576. The molecule has 1 saturated carbocycles. The summed E-state index contributed by atoms with van der Waals surface area (Å²) in [5.74, 6) is -2.43. The molecule has 2 aromatic carbocycles. The van der Waals surface area contributed by atoms with Crippen LogP contribution in [0, 0.1) is 11.7 Å². The van der Waals surface area contributed by atoms with Crippen molar-refractivity contribution in [1.29, 1.82) is 0 Å². The molecule has 39 heavy (non-hydrogen) atoms. The van der Waals surface area contributed by atoms with E-state index < -0.39 is 49.8 Å². The van der Waals surface area contributed by atoms with E-state index in [0.29, 0.717) is 17.5 Å². The number of halogens is 4. The molecule has 0 bridgehead atoms. The van der Waals surface area contributed by atoms with Crippen molar-refractivity contribution in [3.05, 3.63) is 58.2 Å². The average molecular weight is 587 g/mol. The summed E-state index contributed by atoms with van der Waals surface area (Å²) in [5.41, 5.74) is -1.66. The molecule has 0 radical (unpaired) electrons. The molecule has 1 aliphatic carbocycles. The highest BCUT2D eigenvalue weighted by atomic mass is 32.2. The maximum absolute atomic E-state index is 14.2. The number of carboxylic acids is 1. The van der Waals surface area contributed by atoms with Crippen LogP contribution in [0.5, 0.6) is 5.75 Å². The molecule has 0 amide bonds. The van der Waals surface area contributed by atoms with Gasteiger partial charge >= 0.3 is 12.1 Å². The number of rotatable bonds is 8. The zero-order chi connectivity index (χ0) is 28.5. The highest BCUT2D eigenvalue weighted by Gasteiger charge is 2.36. The van der Waals surface area contributed by atoms with Gasteiger partial charge in [0.05, 0.1) is 23.9 Å². The molecule has 1 fully saturated rings. The Balaban J connectivity index is 1.65. The number of ether oxygens (including phenoxy) is 1. The number of carboxylic acid groups (broad SMARTS) is 1. The number of thiazole rings is 1. The van der Waals surface area contributed by atoms with Crippen molar-refractivity contribution in [3.63, 3.8) is 0 Å². The predicted octanol–water partition coefficient (Wildman–Crippen LogP) is 7.16. The minimum Gasteiger partial charge on any atom is -0.495 e. The van der Waals surface area contributed by atoms with Crippen molar-refractivity contribution in [2.75, 3.05) is 11.8 Å². The Morgan fingerprint density at radius 1 is 1.18 bits per heavy atom. The topological polar surface area (TPSA) is 106 Å². The fraction of sp³-hybridized carbons (Fsp3) is 0.385. The van der Waals surface area contributed by atoms with Crippen molar-refractivity contribution in [2.45, 2.75) is 56.1 Å². The summed E-state index contributed by atoms with van der Waals surface area (Å²) in [5, 5.41) is 9.41. The molecule has 2 N–H and O–H groups in total. The molecule has 0 unspecified atom stereocenters. The van der Waals surface area contributed by atoms with E-state index in [4.69, 9.17) is 9.84 Å². The van der Waals surface area contributed by atoms with Gasteiger partial charge < -0.3 is 9.84 Å². The van der Waals surface area contributed by atoms with E-state index in [2.05, 4.69) is 16.6 Å². The lowest BCUT2D eigenvalue weighted by molar-refractivity contribution is -0.137. The molecule has 0 aliphatic heterocycles. The zero-order valence-corrected chi connectivity index (χ0v) is 22.6. The van der Waals surface area contributed by atoms with E-state index in [9.17, 15) is 30.8 Å². The molecule has 1 aliphatic rings. The van der Waals surface area contributed by atoms with E-state index in [-0.39, 0.29) is 22.2 Å². The first kappa shape index (κ1) is 28.8. The lowest BCUT2D eigenvalue weighted by Crippen LogP contribution is -2.15. The second-order valence-electron chi connectivity index (χ2n) is 9.36.